The molecule has 4 nitrogen and oxygen atoms in total. The minimum absolute atomic E-state index is 0.259. The van der Waals surface area contributed by atoms with Gasteiger partial charge in [-0.3, -0.25) is 0 Å². The Morgan fingerprint density at radius 1 is 0.605 bits per heavy atom. The van der Waals surface area contributed by atoms with Crippen molar-refractivity contribution >= 4 is 11.9 Å². The standard InChI is InChI=1S/C34H30O4/c1-24(2)32(35)37-30-23-15-14-22-29(30)31(38-33(36)25(3)4)34(26-16-8-5-9-17-26,27-18-10-6-11-19-27)28-20-12-7-13-21-28/h5-23,31H,1,3H2,2,4H3. The molecule has 1 unspecified atom stereocenters. The fourth-order valence-electron chi connectivity index (χ4n) is 4.63. The zero-order valence-corrected chi connectivity index (χ0v) is 21.6. The molecule has 0 fully saturated rings. The lowest BCUT2D eigenvalue weighted by atomic mass is 9.64. The van der Waals surface area contributed by atoms with E-state index in [0.717, 1.165) is 16.7 Å². The number of benzene rings is 4. The molecule has 0 radical (unpaired) electrons. The lowest BCUT2D eigenvalue weighted by molar-refractivity contribution is -0.147. The molecule has 0 heterocycles. The van der Waals surface area contributed by atoms with Crippen LogP contribution >= 0.6 is 0 Å². The molecule has 0 aliphatic carbocycles. The Morgan fingerprint density at radius 2 is 1.00 bits per heavy atom. The number of rotatable bonds is 9. The predicted molar refractivity (Wildman–Crippen MR) is 150 cm³/mol. The SMILES string of the molecule is C=C(C)C(=O)Oc1ccccc1C(OC(=O)C(=C)C)C(c1ccccc1)(c1ccccc1)c1ccccc1. The Bertz CT molecular complexity index is 1340. The van der Waals surface area contributed by atoms with Gasteiger partial charge in [-0.25, -0.2) is 9.59 Å². The second kappa shape index (κ2) is 11.6. The van der Waals surface area contributed by atoms with Crippen molar-refractivity contribution in [2.24, 2.45) is 0 Å². The number of hydrogen-bond acceptors (Lipinski definition) is 4. The van der Waals surface area contributed by atoms with Crippen molar-refractivity contribution in [3.8, 4) is 5.75 Å². The number of ether oxygens (including phenoxy) is 2. The second-order valence-electron chi connectivity index (χ2n) is 9.18. The van der Waals surface area contributed by atoms with Crippen molar-refractivity contribution in [1.29, 1.82) is 0 Å². The molecule has 0 N–H and O–H groups in total. The zero-order valence-electron chi connectivity index (χ0n) is 21.6. The Kier molecular flexibility index (Phi) is 8.03. The van der Waals surface area contributed by atoms with Crippen molar-refractivity contribution in [2.75, 3.05) is 0 Å². The number of carbonyl (C=O) groups excluding carboxylic acids is 2. The molecule has 4 aromatic rings. The number of esters is 2. The summed E-state index contributed by atoms with van der Waals surface area (Å²) >= 11 is 0. The summed E-state index contributed by atoms with van der Waals surface area (Å²) in [5.41, 5.74) is 2.74. The van der Waals surface area contributed by atoms with Crippen molar-refractivity contribution in [2.45, 2.75) is 25.4 Å². The maximum atomic E-state index is 13.3. The van der Waals surface area contributed by atoms with Crippen LogP contribution in [0.25, 0.3) is 0 Å². The van der Waals surface area contributed by atoms with E-state index < -0.39 is 23.5 Å². The molecule has 0 aromatic heterocycles. The van der Waals surface area contributed by atoms with Gasteiger partial charge < -0.3 is 9.47 Å². The summed E-state index contributed by atoms with van der Waals surface area (Å²) < 4.78 is 12.1. The first kappa shape index (κ1) is 26.4. The first-order chi connectivity index (χ1) is 18.4. The van der Waals surface area contributed by atoms with E-state index in [9.17, 15) is 9.59 Å². The molecule has 4 rings (SSSR count). The summed E-state index contributed by atoms with van der Waals surface area (Å²) in [5.74, 6) is -0.831. The summed E-state index contributed by atoms with van der Waals surface area (Å²) in [6.07, 6.45) is -0.937. The third-order valence-corrected chi connectivity index (χ3v) is 6.41. The van der Waals surface area contributed by atoms with Crippen molar-refractivity contribution in [3.05, 3.63) is 162 Å². The van der Waals surface area contributed by atoms with Crippen LogP contribution in [0, 0.1) is 0 Å². The molecule has 4 aromatic carbocycles. The van der Waals surface area contributed by atoms with Gasteiger partial charge in [-0.1, -0.05) is 122 Å². The van der Waals surface area contributed by atoms with Crippen LogP contribution in [0.4, 0.5) is 0 Å². The van der Waals surface area contributed by atoms with E-state index in [4.69, 9.17) is 9.47 Å². The molecule has 0 aliphatic heterocycles. The van der Waals surface area contributed by atoms with E-state index in [1.54, 1.807) is 26.0 Å². The Hall–Kier alpha value is -4.70. The molecule has 0 saturated heterocycles. The van der Waals surface area contributed by atoms with Gasteiger partial charge in [0, 0.05) is 16.7 Å². The molecule has 0 aliphatic rings. The molecular weight excluding hydrogens is 472 g/mol. The van der Waals surface area contributed by atoms with Gasteiger partial charge in [0.15, 0.2) is 0 Å². The van der Waals surface area contributed by atoms with Gasteiger partial charge in [-0.2, -0.15) is 0 Å². The van der Waals surface area contributed by atoms with E-state index >= 15 is 0 Å². The second-order valence-corrected chi connectivity index (χ2v) is 9.18. The van der Waals surface area contributed by atoms with Gasteiger partial charge in [0.25, 0.3) is 0 Å². The summed E-state index contributed by atoms with van der Waals surface area (Å²) in [6, 6.07) is 36.8. The summed E-state index contributed by atoms with van der Waals surface area (Å²) in [7, 11) is 0. The molecule has 38 heavy (non-hydrogen) atoms. The number of carbonyl (C=O) groups is 2. The Labute approximate surface area is 223 Å². The first-order valence-corrected chi connectivity index (χ1v) is 12.4. The molecular formula is C34H30O4. The fourth-order valence-corrected chi connectivity index (χ4v) is 4.63. The highest BCUT2D eigenvalue weighted by Gasteiger charge is 2.48. The van der Waals surface area contributed by atoms with E-state index in [2.05, 4.69) is 13.2 Å². The first-order valence-electron chi connectivity index (χ1n) is 12.4. The third kappa shape index (κ3) is 5.21. The average molecular weight is 503 g/mol. The summed E-state index contributed by atoms with van der Waals surface area (Å²) in [5, 5.41) is 0. The van der Waals surface area contributed by atoms with Crippen LogP contribution in [-0.2, 0) is 19.7 Å². The van der Waals surface area contributed by atoms with Crippen LogP contribution in [0.15, 0.2) is 140 Å². The monoisotopic (exact) mass is 502 g/mol. The lowest BCUT2D eigenvalue weighted by Crippen LogP contribution is -2.39. The van der Waals surface area contributed by atoms with Gasteiger partial charge in [-0.05, 0) is 36.6 Å². The largest absolute Gasteiger partial charge is 0.452 e. The van der Waals surface area contributed by atoms with Crippen LogP contribution in [0.2, 0.25) is 0 Å². The normalized spacial score (nSPS) is 11.7. The molecule has 0 spiro atoms. The lowest BCUT2D eigenvalue weighted by Gasteiger charge is -2.42. The van der Waals surface area contributed by atoms with Crippen LogP contribution in [-0.4, -0.2) is 11.9 Å². The molecule has 190 valence electrons. The summed E-state index contributed by atoms with van der Waals surface area (Å²) in [6.45, 7) is 10.7. The minimum Gasteiger partial charge on any atom is -0.452 e. The van der Waals surface area contributed by atoms with Crippen LogP contribution in [0.1, 0.15) is 42.2 Å². The highest BCUT2D eigenvalue weighted by Crippen LogP contribution is 2.52. The Morgan fingerprint density at radius 3 is 1.42 bits per heavy atom. The quantitative estimate of drug-likeness (QED) is 0.104. The van der Waals surface area contributed by atoms with Crippen LogP contribution < -0.4 is 4.74 Å². The maximum Gasteiger partial charge on any atom is 0.338 e. The van der Waals surface area contributed by atoms with E-state index in [0.29, 0.717) is 5.56 Å². The fraction of sp³-hybridized carbons (Fsp3) is 0.118. The molecule has 1 atom stereocenters. The highest BCUT2D eigenvalue weighted by atomic mass is 16.6. The van der Waals surface area contributed by atoms with Gasteiger partial charge in [0.2, 0.25) is 0 Å². The topological polar surface area (TPSA) is 52.6 Å². The van der Waals surface area contributed by atoms with E-state index in [1.807, 2.05) is 103 Å². The summed E-state index contributed by atoms with van der Waals surface area (Å²) in [4.78, 5) is 25.9. The zero-order chi connectivity index (χ0) is 27.1. The van der Waals surface area contributed by atoms with Crippen molar-refractivity contribution in [1.82, 2.24) is 0 Å². The van der Waals surface area contributed by atoms with Gasteiger partial charge in [0.1, 0.15) is 11.9 Å². The van der Waals surface area contributed by atoms with Gasteiger partial charge >= 0.3 is 11.9 Å². The van der Waals surface area contributed by atoms with E-state index in [-0.39, 0.29) is 16.9 Å². The molecule has 0 saturated carbocycles. The average Bonchev–Trinajstić information content (AvgIpc) is 2.95. The smallest absolute Gasteiger partial charge is 0.338 e. The van der Waals surface area contributed by atoms with E-state index in [1.165, 1.54) is 0 Å². The maximum absolute atomic E-state index is 13.3. The van der Waals surface area contributed by atoms with Crippen LogP contribution in [0.3, 0.4) is 0 Å². The number of hydrogen-bond donors (Lipinski definition) is 0. The molecule has 0 bridgehead atoms. The van der Waals surface area contributed by atoms with Crippen molar-refractivity contribution in [3.63, 3.8) is 0 Å². The van der Waals surface area contributed by atoms with Crippen molar-refractivity contribution < 1.29 is 19.1 Å². The predicted octanol–water partition coefficient (Wildman–Crippen LogP) is 7.36. The highest BCUT2D eigenvalue weighted by molar-refractivity contribution is 5.89. The third-order valence-electron chi connectivity index (χ3n) is 6.41. The Balaban J connectivity index is 2.12. The van der Waals surface area contributed by atoms with Crippen LogP contribution in [0.5, 0.6) is 5.75 Å². The minimum atomic E-state index is -1.01. The number of para-hydroxylation sites is 1. The molecule has 4 heteroatoms. The molecule has 0 amide bonds. The van der Waals surface area contributed by atoms with Gasteiger partial charge in [-0.15, -0.1) is 0 Å². The van der Waals surface area contributed by atoms with Gasteiger partial charge in [0.05, 0.1) is 5.41 Å².